The van der Waals surface area contributed by atoms with Crippen molar-refractivity contribution in [3.05, 3.63) is 0 Å². The molecule has 0 aliphatic carbocycles. The van der Waals surface area contributed by atoms with Gasteiger partial charge in [-0.15, -0.1) is 0 Å². The molecule has 0 aliphatic rings. The Bertz CT molecular complexity index is 212. The molecule has 0 radical (unpaired) electrons. The van der Waals surface area contributed by atoms with Gasteiger partial charge in [-0.3, -0.25) is 14.9 Å². The van der Waals surface area contributed by atoms with Gasteiger partial charge in [-0.2, -0.15) is 0 Å². The van der Waals surface area contributed by atoms with Gasteiger partial charge in [0.1, 0.15) is 6.04 Å². The summed E-state index contributed by atoms with van der Waals surface area (Å²) in [7, 11) is 0. The van der Waals surface area contributed by atoms with Gasteiger partial charge in [0, 0.05) is 0 Å². The van der Waals surface area contributed by atoms with E-state index in [1.54, 1.807) is 0 Å². The third kappa shape index (κ3) is 3.67. The van der Waals surface area contributed by atoms with Gasteiger partial charge in [0.2, 0.25) is 0 Å². The summed E-state index contributed by atoms with van der Waals surface area (Å²) < 4.78 is 0. The van der Waals surface area contributed by atoms with E-state index in [9.17, 15) is 14.4 Å². The number of Topliss-reactive ketones (excluding diaryl/α,β-unsaturated/α-hetero) is 1. The Morgan fingerprint density at radius 2 is 1.83 bits per heavy atom. The summed E-state index contributed by atoms with van der Waals surface area (Å²) >= 11 is 0. The first-order chi connectivity index (χ1) is 5.45. The van der Waals surface area contributed by atoms with Crippen LogP contribution in [0.1, 0.15) is 6.92 Å². The second kappa shape index (κ2) is 4.45. The van der Waals surface area contributed by atoms with Crippen LogP contribution in [0.4, 0.5) is 0 Å². The SMILES string of the molecule is C[C@H](NCC(=O)C(=O)O)C(=O)O. The molecule has 0 aromatic rings. The molecule has 0 unspecified atom stereocenters. The quantitative estimate of drug-likeness (QED) is 0.449. The van der Waals surface area contributed by atoms with E-state index in [4.69, 9.17) is 10.2 Å². The van der Waals surface area contributed by atoms with E-state index in [0.717, 1.165) is 0 Å². The van der Waals surface area contributed by atoms with Crippen molar-refractivity contribution in [2.45, 2.75) is 13.0 Å². The van der Waals surface area contributed by atoms with Crippen LogP contribution >= 0.6 is 0 Å². The molecule has 12 heavy (non-hydrogen) atoms. The standard InChI is InChI=1S/C6H9NO5/c1-3(5(9)10)7-2-4(8)6(11)12/h3,7H,2H2,1H3,(H,9,10)(H,11,12)/t3-/m0/s1. The third-order valence-electron chi connectivity index (χ3n) is 1.18. The van der Waals surface area contributed by atoms with Crippen molar-refractivity contribution in [3.8, 4) is 0 Å². The van der Waals surface area contributed by atoms with E-state index in [2.05, 4.69) is 5.32 Å². The number of carboxylic acid groups (broad SMARTS) is 2. The van der Waals surface area contributed by atoms with Crippen LogP contribution in [-0.4, -0.2) is 40.5 Å². The Labute approximate surface area is 68.2 Å². The molecule has 68 valence electrons. The normalized spacial score (nSPS) is 12.1. The average molecular weight is 175 g/mol. The van der Waals surface area contributed by atoms with Crippen LogP contribution in [-0.2, 0) is 14.4 Å². The van der Waals surface area contributed by atoms with Crippen LogP contribution in [0.25, 0.3) is 0 Å². The number of carbonyl (C=O) groups is 3. The van der Waals surface area contributed by atoms with E-state index in [-0.39, 0.29) is 0 Å². The Balaban J connectivity index is 3.76. The number of ketones is 1. The van der Waals surface area contributed by atoms with Crippen molar-refractivity contribution in [3.63, 3.8) is 0 Å². The number of carboxylic acids is 2. The summed E-state index contributed by atoms with van der Waals surface area (Å²) in [6.45, 7) is 0.847. The molecule has 0 spiro atoms. The van der Waals surface area contributed by atoms with Crippen LogP contribution in [0.5, 0.6) is 0 Å². The highest BCUT2D eigenvalue weighted by molar-refractivity contribution is 6.33. The Morgan fingerprint density at radius 1 is 1.33 bits per heavy atom. The summed E-state index contributed by atoms with van der Waals surface area (Å²) in [6, 6.07) is -0.923. The lowest BCUT2D eigenvalue weighted by atomic mass is 10.3. The minimum absolute atomic E-state index is 0.469. The van der Waals surface area contributed by atoms with Crippen LogP contribution in [0, 0.1) is 0 Å². The molecule has 0 amide bonds. The number of nitrogens with one attached hydrogen (secondary N) is 1. The van der Waals surface area contributed by atoms with Crippen molar-refractivity contribution >= 4 is 17.7 Å². The van der Waals surface area contributed by atoms with Gasteiger partial charge in [-0.05, 0) is 6.92 Å². The van der Waals surface area contributed by atoms with Crippen LogP contribution in [0.15, 0.2) is 0 Å². The van der Waals surface area contributed by atoms with E-state index in [1.807, 2.05) is 0 Å². The summed E-state index contributed by atoms with van der Waals surface area (Å²) in [4.78, 5) is 30.5. The maximum Gasteiger partial charge on any atom is 0.373 e. The Kier molecular flexibility index (Phi) is 3.92. The van der Waals surface area contributed by atoms with Gasteiger partial charge in [0.25, 0.3) is 5.78 Å². The molecule has 1 atom stereocenters. The molecule has 0 aromatic carbocycles. The van der Waals surface area contributed by atoms with Crippen molar-refractivity contribution in [1.29, 1.82) is 0 Å². The lowest BCUT2D eigenvalue weighted by Gasteiger charge is -2.05. The van der Waals surface area contributed by atoms with Gasteiger partial charge >= 0.3 is 11.9 Å². The summed E-state index contributed by atoms with van der Waals surface area (Å²) in [6.07, 6.45) is 0. The second-order valence-corrected chi connectivity index (χ2v) is 2.17. The van der Waals surface area contributed by atoms with Crippen LogP contribution in [0.2, 0.25) is 0 Å². The molecule has 0 aromatic heterocycles. The molecular weight excluding hydrogens is 166 g/mol. The number of rotatable bonds is 5. The maximum atomic E-state index is 10.4. The zero-order valence-corrected chi connectivity index (χ0v) is 6.40. The smallest absolute Gasteiger partial charge is 0.373 e. The zero-order chi connectivity index (χ0) is 9.72. The van der Waals surface area contributed by atoms with Crippen molar-refractivity contribution < 1.29 is 24.6 Å². The largest absolute Gasteiger partial charge is 0.480 e. The number of aliphatic carboxylic acids is 2. The maximum absolute atomic E-state index is 10.4. The van der Waals surface area contributed by atoms with Gasteiger partial charge in [-0.25, -0.2) is 4.79 Å². The first kappa shape index (κ1) is 10.6. The monoisotopic (exact) mass is 175 g/mol. The van der Waals surface area contributed by atoms with E-state index in [1.165, 1.54) is 6.92 Å². The molecule has 0 saturated carbocycles. The lowest BCUT2D eigenvalue weighted by molar-refractivity contribution is -0.149. The van der Waals surface area contributed by atoms with E-state index < -0.39 is 30.3 Å². The van der Waals surface area contributed by atoms with Gasteiger partial charge in [-0.1, -0.05) is 0 Å². The zero-order valence-electron chi connectivity index (χ0n) is 6.40. The van der Waals surface area contributed by atoms with Gasteiger partial charge < -0.3 is 10.2 Å². The fourth-order valence-electron chi connectivity index (χ4n) is 0.409. The molecule has 0 heterocycles. The first-order valence-electron chi connectivity index (χ1n) is 3.17. The lowest BCUT2D eigenvalue weighted by Crippen LogP contribution is -2.39. The highest BCUT2D eigenvalue weighted by atomic mass is 16.4. The van der Waals surface area contributed by atoms with E-state index >= 15 is 0 Å². The Morgan fingerprint density at radius 3 is 2.17 bits per heavy atom. The molecule has 3 N–H and O–H groups in total. The minimum Gasteiger partial charge on any atom is -0.480 e. The highest BCUT2D eigenvalue weighted by Crippen LogP contribution is 1.80. The molecule has 0 bridgehead atoms. The predicted octanol–water partition coefficient (Wildman–Crippen LogP) is -1.30. The average Bonchev–Trinajstić information content (AvgIpc) is 1.98. The molecule has 0 saturated heterocycles. The second-order valence-electron chi connectivity index (χ2n) is 2.17. The third-order valence-corrected chi connectivity index (χ3v) is 1.18. The summed E-state index contributed by atoms with van der Waals surface area (Å²) in [5.74, 6) is -3.75. The molecule has 0 fully saturated rings. The summed E-state index contributed by atoms with van der Waals surface area (Å²) in [5.41, 5.74) is 0. The molecule has 0 aliphatic heterocycles. The molecular formula is C6H9NO5. The van der Waals surface area contributed by atoms with Crippen molar-refractivity contribution in [2.75, 3.05) is 6.54 Å². The van der Waals surface area contributed by atoms with Gasteiger partial charge in [0.05, 0.1) is 6.54 Å². The topological polar surface area (TPSA) is 104 Å². The minimum atomic E-state index is -1.57. The molecule has 6 heteroatoms. The number of hydrogen-bond acceptors (Lipinski definition) is 4. The molecule has 6 nitrogen and oxygen atoms in total. The summed E-state index contributed by atoms with van der Waals surface area (Å²) in [5, 5.41) is 18.6. The fraction of sp³-hybridized carbons (Fsp3) is 0.500. The van der Waals surface area contributed by atoms with Crippen LogP contribution in [0.3, 0.4) is 0 Å². The number of hydrogen-bond donors (Lipinski definition) is 3. The van der Waals surface area contributed by atoms with Crippen molar-refractivity contribution in [2.24, 2.45) is 0 Å². The highest BCUT2D eigenvalue weighted by Gasteiger charge is 2.15. The van der Waals surface area contributed by atoms with Crippen LogP contribution < -0.4 is 5.32 Å². The Hall–Kier alpha value is -1.43. The first-order valence-corrected chi connectivity index (χ1v) is 3.17. The number of carbonyl (C=O) groups excluding carboxylic acids is 1. The van der Waals surface area contributed by atoms with Crippen molar-refractivity contribution in [1.82, 2.24) is 5.32 Å². The fourth-order valence-corrected chi connectivity index (χ4v) is 0.409. The molecule has 0 rings (SSSR count). The predicted molar refractivity (Wildman–Crippen MR) is 37.7 cm³/mol. The van der Waals surface area contributed by atoms with Gasteiger partial charge in [0.15, 0.2) is 0 Å². The van der Waals surface area contributed by atoms with E-state index in [0.29, 0.717) is 0 Å².